The molecule has 2 aromatic carbocycles. The van der Waals surface area contributed by atoms with Crippen LogP contribution >= 0.6 is 0 Å². The number of hydrogen-bond acceptors (Lipinski definition) is 7. The van der Waals surface area contributed by atoms with E-state index in [-0.39, 0.29) is 22.1 Å². The van der Waals surface area contributed by atoms with Crippen LogP contribution < -0.4 is 0 Å². The first kappa shape index (κ1) is 18.0. The molecule has 7 heteroatoms. The average Bonchev–Trinajstić information content (AvgIpc) is 2.65. The molecular weight excluding hydrogens is 328 g/mol. The number of esters is 3. The van der Waals surface area contributed by atoms with E-state index in [0.717, 1.165) is 21.3 Å². The van der Waals surface area contributed by atoms with Gasteiger partial charge in [-0.3, -0.25) is 0 Å². The van der Waals surface area contributed by atoms with E-state index in [1.165, 1.54) is 6.07 Å². The Balaban J connectivity index is 3.08. The topological polar surface area (TPSA) is 99.1 Å². The van der Waals surface area contributed by atoms with Crippen LogP contribution in [0.15, 0.2) is 30.8 Å². The summed E-state index contributed by atoms with van der Waals surface area (Å²) in [6.07, 6.45) is 0. The van der Waals surface area contributed by atoms with E-state index in [0.29, 0.717) is 5.39 Å². The fourth-order valence-electron chi connectivity index (χ4n) is 2.57. The van der Waals surface area contributed by atoms with Crippen LogP contribution in [0.2, 0.25) is 0 Å². The second-order valence-electron chi connectivity index (χ2n) is 4.97. The van der Waals surface area contributed by atoms with Crippen molar-refractivity contribution < 1.29 is 33.7 Å². The summed E-state index contributed by atoms with van der Waals surface area (Å²) < 4.78 is 14.1. The molecule has 2 rings (SSSR count). The predicted octanol–water partition coefficient (Wildman–Crippen LogP) is 2.30. The van der Waals surface area contributed by atoms with Gasteiger partial charge in [-0.2, -0.15) is 0 Å². The van der Waals surface area contributed by atoms with Gasteiger partial charge in [-0.25, -0.2) is 14.4 Å². The third-order valence-corrected chi connectivity index (χ3v) is 3.70. The Labute approximate surface area is 143 Å². The maximum atomic E-state index is 12.4. The molecule has 0 bridgehead atoms. The number of benzene rings is 2. The van der Waals surface area contributed by atoms with Crippen LogP contribution in [0.1, 0.15) is 26.3 Å². The number of hydrogen-bond donors (Lipinski definition) is 1. The van der Waals surface area contributed by atoms with Gasteiger partial charge in [0.15, 0.2) is 0 Å². The van der Waals surface area contributed by atoms with Crippen molar-refractivity contribution in [3.05, 3.63) is 47.5 Å². The number of methoxy groups -OCH3 is 3. The second-order valence-corrected chi connectivity index (χ2v) is 4.97. The third-order valence-electron chi connectivity index (χ3n) is 3.70. The van der Waals surface area contributed by atoms with Gasteiger partial charge >= 0.3 is 17.9 Å². The second kappa shape index (κ2) is 7.04. The molecule has 2 aromatic rings. The summed E-state index contributed by atoms with van der Waals surface area (Å²) in [6, 6.07) is 6.39. The molecule has 0 fully saturated rings. The van der Waals surface area contributed by atoms with Gasteiger partial charge in [-0.1, -0.05) is 30.8 Å². The van der Waals surface area contributed by atoms with Crippen LogP contribution in [0, 0.1) is 0 Å². The van der Waals surface area contributed by atoms with E-state index in [1.54, 1.807) is 18.2 Å². The summed E-state index contributed by atoms with van der Waals surface area (Å²) in [5.41, 5.74) is -0.856. The molecule has 130 valence electrons. The van der Waals surface area contributed by atoms with Crippen molar-refractivity contribution in [2.45, 2.75) is 0 Å². The number of rotatable bonds is 4. The lowest BCUT2D eigenvalue weighted by atomic mass is 9.89. The normalized spacial score (nSPS) is 10.2. The highest BCUT2D eigenvalue weighted by Gasteiger charge is 2.32. The van der Waals surface area contributed by atoms with Crippen molar-refractivity contribution in [1.29, 1.82) is 0 Å². The number of carbonyl (C=O) groups is 3. The predicted molar refractivity (Wildman–Crippen MR) is 89.3 cm³/mol. The molecule has 0 aliphatic heterocycles. The van der Waals surface area contributed by atoms with Crippen LogP contribution in [0.3, 0.4) is 0 Å². The van der Waals surface area contributed by atoms with E-state index >= 15 is 0 Å². The maximum absolute atomic E-state index is 12.4. The monoisotopic (exact) mass is 344 g/mol. The molecule has 0 aliphatic rings. The van der Waals surface area contributed by atoms with Gasteiger partial charge in [-0.05, 0) is 5.39 Å². The lowest BCUT2D eigenvalue weighted by Crippen LogP contribution is -2.17. The number of aromatic hydroxyl groups is 1. The van der Waals surface area contributed by atoms with Gasteiger partial charge in [-0.15, -0.1) is 0 Å². The fourth-order valence-corrected chi connectivity index (χ4v) is 2.57. The van der Waals surface area contributed by atoms with Gasteiger partial charge in [0.1, 0.15) is 11.3 Å². The van der Waals surface area contributed by atoms with Gasteiger partial charge in [0.05, 0.1) is 32.5 Å². The molecule has 0 heterocycles. The highest BCUT2D eigenvalue weighted by Crippen LogP contribution is 2.39. The first-order chi connectivity index (χ1) is 11.9. The van der Waals surface area contributed by atoms with Crippen LogP contribution in [-0.4, -0.2) is 44.3 Å². The third kappa shape index (κ3) is 2.91. The maximum Gasteiger partial charge on any atom is 0.342 e. The summed E-state index contributed by atoms with van der Waals surface area (Å²) in [4.78, 5) is 36.6. The molecule has 0 saturated carbocycles. The first-order valence-electron chi connectivity index (χ1n) is 7.10. The molecule has 0 amide bonds. The van der Waals surface area contributed by atoms with Gasteiger partial charge in [0, 0.05) is 10.9 Å². The quantitative estimate of drug-likeness (QED) is 0.516. The Hall–Kier alpha value is -3.35. The summed E-state index contributed by atoms with van der Waals surface area (Å²) in [7, 11) is 3.38. The van der Waals surface area contributed by atoms with Crippen molar-refractivity contribution in [2.75, 3.05) is 21.3 Å². The zero-order valence-electron chi connectivity index (χ0n) is 13.9. The van der Waals surface area contributed by atoms with Crippen LogP contribution in [0.4, 0.5) is 0 Å². The van der Waals surface area contributed by atoms with Crippen LogP contribution in [-0.2, 0) is 19.0 Å². The van der Waals surface area contributed by atoms with Crippen molar-refractivity contribution in [2.24, 2.45) is 0 Å². The molecular formula is C18H16O7. The molecule has 0 aliphatic carbocycles. The summed E-state index contributed by atoms with van der Waals surface area (Å²) in [5.74, 6) is -3.13. The minimum atomic E-state index is -0.956. The Morgan fingerprint density at radius 3 is 1.88 bits per heavy atom. The van der Waals surface area contributed by atoms with E-state index in [1.807, 2.05) is 0 Å². The van der Waals surface area contributed by atoms with Crippen molar-refractivity contribution in [3.8, 4) is 5.75 Å². The fraction of sp³-hybridized carbons (Fsp3) is 0.167. The summed E-state index contributed by atoms with van der Waals surface area (Å²) in [6.45, 7) is 3.66. The number of carbonyl (C=O) groups excluding carboxylic acids is 3. The molecule has 1 N–H and O–H groups in total. The van der Waals surface area contributed by atoms with Crippen LogP contribution in [0.5, 0.6) is 5.75 Å². The van der Waals surface area contributed by atoms with Gasteiger partial charge in [0.2, 0.25) is 0 Å². The number of fused-ring (bicyclic) bond motifs is 1. The Morgan fingerprint density at radius 2 is 1.36 bits per heavy atom. The molecule has 7 nitrogen and oxygen atoms in total. The standard InChI is InChI=1S/C18H16O7/c1-9(16(20)23-2)12-10-7-5-6-8-11(10)15(19)14(18(22)25-4)13(12)17(21)24-3/h5-8,19H,1H2,2-4H3. The lowest BCUT2D eigenvalue weighted by Gasteiger charge is -2.18. The van der Waals surface area contributed by atoms with E-state index < -0.39 is 29.2 Å². The molecule has 25 heavy (non-hydrogen) atoms. The van der Waals surface area contributed by atoms with Crippen molar-refractivity contribution >= 4 is 34.3 Å². The minimum Gasteiger partial charge on any atom is -0.506 e. The van der Waals surface area contributed by atoms with Gasteiger partial charge < -0.3 is 19.3 Å². The molecule has 0 aromatic heterocycles. The van der Waals surface area contributed by atoms with Gasteiger partial charge in [0.25, 0.3) is 0 Å². The summed E-state index contributed by atoms with van der Waals surface area (Å²) >= 11 is 0. The zero-order valence-corrected chi connectivity index (χ0v) is 13.9. The van der Waals surface area contributed by atoms with E-state index in [4.69, 9.17) is 4.74 Å². The van der Waals surface area contributed by atoms with E-state index in [9.17, 15) is 19.5 Å². The minimum absolute atomic E-state index is 0.0347. The van der Waals surface area contributed by atoms with Crippen molar-refractivity contribution in [1.82, 2.24) is 0 Å². The number of phenols is 1. The highest BCUT2D eigenvalue weighted by atomic mass is 16.5. The smallest absolute Gasteiger partial charge is 0.342 e. The van der Waals surface area contributed by atoms with E-state index in [2.05, 4.69) is 16.1 Å². The highest BCUT2D eigenvalue weighted by molar-refractivity contribution is 6.25. The molecule has 0 radical (unpaired) electrons. The summed E-state index contributed by atoms with van der Waals surface area (Å²) in [5, 5.41) is 11.1. The Bertz CT molecular complexity index is 896. The van der Waals surface area contributed by atoms with Crippen molar-refractivity contribution in [3.63, 3.8) is 0 Å². The van der Waals surface area contributed by atoms with Crippen LogP contribution in [0.25, 0.3) is 16.3 Å². The molecule has 0 atom stereocenters. The zero-order chi connectivity index (χ0) is 18.7. The largest absolute Gasteiger partial charge is 0.506 e. The first-order valence-corrected chi connectivity index (χ1v) is 7.10. The number of ether oxygens (including phenoxy) is 3. The average molecular weight is 344 g/mol. The molecule has 0 saturated heterocycles. The SMILES string of the molecule is C=C(C(=O)OC)c1c(C(=O)OC)c(C(=O)OC)c(O)c2ccccc12. The Morgan fingerprint density at radius 1 is 0.840 bits per heavy atom. The Kier molecular flexibility index (Phi) is 5.07. The number of phenolic OH excluding ortho intramolecular Hbond substituents is 1. The molecule has 0 spiro atoms. The lowest BCUT2D eigenvalue weighted by molar-refractivity contribution is -0.133. The molecule has 0 unspecified atom stereocenters.